The van der Waals surface area contributed by atoms with Crippen molar-refractivity contribution in [1.29, 1.82) is 0 Å². The van der Waals surface area contributed by atoms with Crippen LogP contribution in [0.25, 0.3) is 0 Å². The van der Waals surface area contributed by atoms with E-state index in [4.69, 9.17) is 22.3 Å². The summed E-state index contributed by atoms with van der Waals surface area (Å²) >= 11 is 6.34. The van der Waals surface area contributed by atoms with Gasteiger partial charge in [-0.15, -0.1) is 0 Å². The number of nitrogens with zero attached hydrogens (tertiary/aromatic N) is 3. The molecule has 2 aromatic rings. The summed E-state index contributed by atoms with van der Waals surface area (Å²) in [5.74, 6) is 0.250. The fourth-order valence-electron chi connectivity index (χ4n) is 1.64. The molecule has 0 amide bonds. The Kier molecular flexibility index (Phi) is 5.76. The van der Waals surface area contributed by atoms with Crippen LogP contribution in [-0.4, -0.2) is 19.0 Å². The zero-order valence-corrected chi connectivity index (χ0v) is 12.7. The van der Waals surface area contributed by atoms with Gasteiger partial charge in [0, 0.05) is 11.8 Å². The Morgan fingerprint density at radius 3 is 2.27 bits per heavy atom. The summed E-state index contributed by atoms with van der Waals surface area (Å²) in [6, 6.07) is 18.6. The van der Waals surface area contributed by atoms with Crippen LogP contribution in [-0.2, 0) is 4.84 Å². The van der Waals surface area contributed by atoms with E-state index < -0.39 is 0 Å². The molecule has 114 valence electrons. The lowest BCUT2D eigenvalue weighted by molar-refractivity contribution is 0.143. The van der Waals surface area contributed by atoms with Crippen LogP contribution in [0.15, 0.2) is 70.6 Å². The van der Waals surface area contributed by atoms with E-state index in [1.54, 1.807) is 0 Å². The van der Waals surface area contributed by atoms with Gasteiger partial charge in [0.2, 0.25) is 11.9 Å². The largest absolute Gasteiger partial charge is 0.368 e. The van der Waals surface area contributed by atoms with Crippen molar-refractivity contribution < 1.29 is 4.84 Å². The molecule has 2 aromatic carbocycles. The van der Waals surface area contributed by atoms with E-state index in [1.165, 1.54) is 11.5 Å². The average molecular weight is 318 g/mol. The molecule has 0 aromatic heterocycles. The smallest absolute Gasteiger partial charge is 0.248 e. The normalized spacial score (nSPS) is 12.1. The first-order valence-corrected chi connectivity index (χ1v) is 6.82. The van der Waals surface area contributed by atoms with E-state index in [1.807, 2.05) is 60.7 Å². The van der Waals surface area contributed by atoms with Crippen LogP contribution in [0.1, 0.15) is 0 Å². The maximum atomic E-state index is 6.34. The Morgan fingerprint density at radius 1 is 1.09 bits per heavy atom. The second-order valence-electron chi connectivity index (χ2n) is 4.17. The number of benzene rings is 2. The fraction of sp³-hybridized carbons (Fsp3) is 0.0667. The molecule has 7 heteroatoms. The molecule has 0 saturated heterocycles. The summed E-state index contributed by atoms with van der Waals surface area (Å²) in [6.45, 7) is 0. The van der Waals surface area contributed by atoms with Gasteiger partial charge in [0.1, 0.15) is 0 Å². The average Bonchev–Trinajstić information content (AvgIpc) is 2.55. The molecule has 3 N–H and O–H groups in total. The molecular weight excluding hydrogens is 302 g/mol. The molecule has 0 atom stereocenters. The fourth-order valence-corrected chi connectivity index (χ4v) is 1.83. The zero-order valence-electron chi connectivity index (χ0n) is 12.0. The number of hydrogen-bond donors (Lipinski definition) is 2. The predicted octanol–water partition coefficient (Wildman–Crippen LogP) is 2.80. The molecule has 0 aliphatic carbocycles. The summed E-state index contributed by atoms with van der Waals surface area (Å²) in [6.07, 6.45) is 0. The molecule has 0 heterocycles. The third-order valence-corrected chi connectivity index (χ3v) is 2.92. The molecule has 22 heavy (non-hydrogen) atoms. The molecule has 0 radical (unpaired) electrons. The van der Waals surface area contributed by atoms with Crippen molar-refractivity contribution in [2.75, 3.05) is 11.5 Å². The van der Waals surface area contributed by atoms with Gasteiger partial charge in [-0.3, -0.25) is 4.84 Å². The molecule has 0 saturated carbocycles. The number of aliphatic imine (C=N–C) groups is 2. The SMILES string of the molecule is CONC(N)=NC(=Nc1ccccc1)N(Cl)c1ccccc1. The van der Waals surface area contributed by atoms with Crippen LogP contribution in [0.5, 0.6) is 0 Å². The second-order valence-corrected chi connectivity index (χ2v) is 4.51. The van der Waals surface area contributed by atoms with Gasteiger partial charge < -0.3 is 5.73 Å². The minimum atomic E-state index is 0.0405. The molecule has 0 aliphatic rings. The van der Waals surface area contributed by atoms with Gasteiger partial charge >= 0.3 is 0 Å². The molecule has 0 bridgehead atoms. The molecule has 0 spiro atoms. The molecule has 2 rings (SSSR count). The zero-order chi connectivity index (χ0) is 15.8. The van der Waals surface area contributed by atoms with Gasteiger partial charge in [-0.1, -0.05) is 36.4 Å². The highest BCUT2D eigenvalue weighted by atomic mass is 35.5. The summed E-state index contributed by atoms with van der Waals surface area (Å²) < 4.78 is 1.32. The summed E-state index contributed by atoms with van der Waals surface area (Å²) in [5, 5.41) is 0. The lowest BCUT2D eigenvalue weighted by atomic mass is 10.3. The van der Waals surface area contributed by atoms with Gasteiger partial charge in [-0.05, 0) is 24.3 Å². The topological polar surface area (TPSA) is 75.2 Å². The van der Waals surface area contributed by atoms with Crippen molar-refractivity contribution in [2.24, 2.45) is 15.7 Å². The van der Waals surface area contributed by atoms with Crippen molar-refractivity contribution >= 4 is 35.1 Å². The Labute approximate surface area is 134 Å². The number of hydroxylamine groups is 1. The number of halogens is 1. The minimum Gasteiger partial charge on any atom is -0.368 e. The lowest BCUT2D eigenvalue weighted by Crippen LogP contribution is -2.33. The molecule has 0 unspecified atom stereocenters. The first-order valence-electron chi connectivity index (χ1n) is 6.48. The van der Waals surface area contributed by atoms with Crippen molar-refractivity contribution in [3.8, 4) is 0 Å². The van der Waals surface area contributed by atoms with Crippen molar-refractivity contribution in [1.82, 2.24) is 5.48 Å². The second kappa shape index (κ2) is 8.02. The molecule has 0 fully saturated rings. The van der Waals surface area contributed by atoms with Crippen LogP contribution >= 0.6 is 11.8 Å². The van der Waals surface area contributed by atoms with Crippen LogP contribution in [0.4, 0.5) is 11.4 Å². The van der Waals surface area contributed by atoms with Crippen LogP contribution in [0, 0.1) is 0 Å². The first-order chi connectivity index (χ1) is 10.7. The van der Waals surface area contributed by atoms with E-state index in [0.29, 0.717) is 11.4 Å². The third kappa shape index (κ3) is 4.47. The van der Waals surface area contributed by atoms with E-state index >= 15 is 0 Å². The molecule has 6 nitrogen and oxygen atoms in total. The molecular formula is C15H16ClN5O. The highest BCUT2D eigenvalue weighted by molar-refractivity contribution is 6.38. The first kappa shape index (κ1) is 15.8. The number of guanidine groups is 2. The van der Waals surface area contributed by atoms with Crippen molar-refractivity contribution in [3.63, 3.8) is 0 Å². The number of nitrogens with two attached hydrogens (primary N) is 1. The lowest BCUT2D eigenvalue weighted by Gasteiger charge is -2.15. The Balaban J connectivity index is 2.37. The quantitative estimate of drug-likeness (QED) is 0.395. The van der Waals surface area contributed by atoms with Crippen molar-refractivity contribution in [3.05, 3.63) is 60.7 Å². The number of nitrogens with one attached hydrogen (secondary N) is 1. The minimum absolute atomic E-state index is 0.0405. The summed E-state index contributed by atoms with van der Waals surface area (Å²) in [7, 11) is 1.44. The number of rotatable bonds is 3. The Bertz CT molecular complexity index is 645. The van der Waals surface area contributed by atoms with Gasteiger partial charge in [-0.25, -0.2) is 14.9 Å². The third-order valence-electron chi connectivity index (χ3n) is 2.57. The van der Waals surface area contributed by atoms with Gasteiger partial charge in [0.25, 0.3) is 0 Å². The highest BCUT2D eigenvalue weighted by Crippen LogP contribution is 2.19. The Hall–Kier alpha value is -2.57. The predicted molar refractivity (Wildman–Crippen MR) is 90.1 cm³/mol. The maximum absolute atomic E-state index is 6.34. The van der Waals surface area contributed by atoms with Crippen LogP contribution in [0.3, 0.4) is 0 Å². The van der Waals surface area contributed by atoms with Crippen molar-refractivity contribution in [2.45, 2.75) is 0 Å². The van der Waals surface area contributed by atoms with E-state index in [-0.39, 0.29) is 11.9 Å². The summed E-state index contributed by atoms with van der Waals surface area (Å²) in [4.78, 5) is 13.3. The number of anilines is 1. The van der Waals surface area contributed by atoms with Crippen LogP contribution < -0.4 is 15.6 Å². The summed E-state index contributed by atoms with van der Waals surface area (Å²) in [5.41, 5.74) is 9.55. The van der Waals surface area contributed by atoms with Gasteiger partial charge in [-0.2, -0.15) is 4.99 Å². The standard InChI is InChI=1S/C15H16ClN5O/c1-22-20-14(17)19-15(18-12-8-4-2-5-9-12)21(16)13-10-6-3-7-11-13/h2-11H,1H3,(H3,17,18,19,20). The van der Waals surface area contributed by atoms with E-state index in [9.17, 15) is 0 Å². The number of para-hydroxylation sites is 2. The monoisotopic (exact) mass is 317 g/mol. The van der Waals surface area contributed by atoms with Gasteiger partial charge in [0.05, 0.1) is 18.5 Å². The maximum Gasteiger partial charge on any atom is 0.248 e. The Morgan fingerprint density at radius 2 is 1.68 bits per heavy atom. The molecule has 0 aliphatic heterocycles. The van der Waals surface area contributed by atoms with Crippen LogP contribution in [0.2, 0.25) is 0 Å². The highest BCUT2D eigenvalue weighted by Gasteiger charge is 2.11. The number of hydrogen-bond acceptors (Lipinski definition) is 2. The van der Waals surface area contributed by atoms with Gasteiger partial charge in [0.15, 0.2) is 0 Å². The van der Waals surface area contributed by atoms with E-state index in [2.05, 4.69) is 15.5 Å². The van der Waals surface area contributed by atoms with E-state index in [0.717, 1.165) is 0 Å².